The molecule has 4 heteroatoms. The summed E-state index contributed by atoms with van der Waals surface area (Å²) >= 11 is 0. The Hall–Kier alpha value is -3.32. The lowest BCUT2D eigenvalue weighted by Crippen LogP contribution is -2.11. The second-order valence-corrected chi connectivity index (χ2v) is 5.27. The van der Waals surface area contributed by atoms with Crippen molar-refractivity contribution in [2.24, 2.45) is 0 Å². The van der Waals surface area contributed by atoms with Crippen molar-refractivity contribution in [3.05, 3.63) is 83.7 Å². The monoisotopic (exact) mass is 316 g/mol. The number of para-hydroxylation sites is 1. The Balaban J connectivity index is 2.07. The topological polar surface area (TPSA) is 55.0 Å². The zero-order chi connectivity index (χ0) is 16.9. The van der Waals surface area contributed by atoms with Gasteiger partial charge in [0.2, 0.25) is 5.78 Å². The number of methoxy groups -OCH3 is 1. The van der Waals surface area contributed by atoms with Gasteiger partial charge in [0.25, 0.3) is 0 Å². The first-order valence-corrected chi connectivity index (χ1v) is 7.56. The first-order valence-electron chi connectivity index (χ1n) is 7.56. The molecule has 0 aliphatic heterocycles. The average molecular weight is 316 g/mol. The van der Waals surface area contributed by atoms with E-state index in [0.717, 1.165) is 11.4 Å². The Morgan fingerprint density at radius 2 is 1.75 bits per heavy atom. The predicted octanol–water partition coefficient (Wildman–Crippen LogP) is 3.78. The summed E-state index contributed by atoms with van der Waals surface area (Å²) in [7, 11) is 1.59. The van der Waals surface area contributed by atoms with Gasteiger partial charge < -0.3 is 9.30 Å². The highest BCUT2D eigenvalue weighted by molar-refractivity contribution is 6.08. The van der Waals surface area contributed by atoms with Crippen LogP contribution in [-0.4, -0.2) is 17.5 Å². The van der Waals surface area contributed by atoms with E-state index in [1.165, 1.54) is 0 Å². The first kappa shape index (κ1) is 15.6. The summed E-state index contributed by atoms with van der Waals surface area (Å²) in [4.78, 5) is 12.9. The van der Waals surface area contributed by atoms with Crippen LogP contribution in [0.4, 0.5) is 0 Å². The standard InChI is InChI=1S/C20H16N2O2/c1-24-18-10-7-15(8-11-18)20(23)19-12-9-17(13-14-21)22(19)16-5-3-2-4-6-16/h2-12H,13H2,1H3. The molecule has 3 rings (SSSR count). The van der Waals surface area contributed by atoms with Crippen LogP contribution in [-0.2, 0) is 6.42 Å². The molecule has 0 atom stereocenters. The minimum atomic E-state index is -0.0919. The molecular weight excluding hydrogens is 300 g/mol. The maximum atomic E-state index is 12.9. The van der Waals surface area contributed by atoms with Crippen LogP contribution in [0.25, 0.3) is 5.69 Å². The van der Waals surface area contributed by atoms with Gasteiger partial charge in [0.05, 0.1) is 25.3 Å². The molecule has 24 heavy (non-hydrogen) atoms. The number of ketones is 1. The summed E-state index contributed by atoms with van der Waals surface area (Å²) in [5.74, 6) is 0.612. The van der Waals surface area contributed by atoms with Gasteiger partial charge in [-0.05, 0) is 48.5 Å². The highest BCUT2D eigenvalue weighted by Gasteiger charge is 2.18. The molecule has 0 saturated carbocycles. The molecule has 118 valence electrons. The van der Waals surface area contributed by atoms with Gasteiger partial charge >= 0.3 is 0 Å². The molecule has 0 N–H and O–H groups in total. The molecule has 3 aromatic rings. The van der Waals surface area contributed by atoms with Gasteiger partial charge in [-0.2, -0.15) is 5.26 Å². The lowest BCUT2D eigenvalue weighted by Gasteiger charge is -2.12. The predicted molar refractivity (Wildman–Crippen MR) is 91.5 cm³/mol. The van der Waals surface area contributed by atoms with Gasteiger partial charge in [0.1, 0.15) is 5.75 Å². The fraction of sp³-hybridized carbons (Fsp3) is 0.100. The van der Waals surface area contributed by atoms with Crippen molar-refractivity contribution in [2.45, 2.75) is 6.42 Å². The zero-order valence-electron chi connectivity index (χ0n) is 13.3. The minimum absolute atomic E-state index is 0.0919. The zero-order valence-corrected chi connectivity index (χ0v) is 13.3. The minimum Gasteiger partial charge on any atom is -0.497 e. The van der Waals surface area contributed by atoms with E-state index in [1.54, 1.807) is 37.4 Å². The highest BCUT2D eigenvalue weighted by Crippen LogP contribution is 2.21. The molecule has 0 saturated heterocycles. The van der Waals surface area contributed by atoms with Gasteiger partial charge in [0.15, 0.2) is 0 Å². The van der Waals surface area contributed by atoms with E-state index in [-0.39, 0.29) is 12.2 Å². The number of aromatic nitrogens is 1. The van der Waals surface area contributed by atoms with E-state index in [4.69, 9.17) is 10.00 Å². The molecule has 0 aliphatic rings. The van der Waals surface area contributed by atoms with Crippen LogP contribution in [0.2, 0.25) is 0 Å². The van der Waals surface area contributed by atoms with Crippen LogP contribution in [0.3, 0.4) is 0 Å². The number of benzene rings is 2. The molecule has 1 heterocycles. The summed E-state index contributed by atoms with van der Waals surface area (Å²) in [6.07, 6.45) is 0.241. The Labute approximate surface area is 140 Å². The van der Waals surface area contributed by atoms with Crippen molar-refractivity contribution in [1.82, 2.24) is 4.57 Å². The normalized spacial score (nSPS) is 10.2. The van der Waals surface area contributed by atoms with Crippen LogP contribution >= 0.6 is 0 Å². The third kappa shape index (κ3) is 2.92. The second kappa shape index (κ2) is 6.84. The fourth-order valence-corrected chi connectivity index (χ4v) is 2.65. The highest BCUT2D eigenvalue weighted by atomic mass is 16.5. The Kier molecular flexibility index (Phi) is 4.44. The Morgan fingerprint density at radius 3 is 2.38 bits per heavy atom. The molecule has 0 aliphatic carbocycles. The van der Waals surface area contributed by atoms with E-state index in [1.807, 2.05) is 41.0 Å². The smallest absolute Gasteiger partial charge is 0.209 e. The number of nitrogens with zero attached hydrogens (tertiary/aromatic N) is 2. The molecule has 0 bridgehead atoms. The maximum absolute atomic E-state index is 12.9. The maximum Gasteiger partial charge on any atom is 0.209 e. The second-order valence-electron chi connectivity index (χ2n) is 5.27. The van der Waals surface area contributed by atoms with Crippen molar-refractivity contribution in [1.29, 1.82) is 5.26 Å². The number of hydrogen-bond donors (Lipinski definition) is 0. The fourth-order valence-electron chi connectivity index (χ4n) is 2.65. The molecule has 0 amide bonds. The SMILES string of the molecule is COc1ccc(C(=O)c2ccc(CC#N)n2-c2ccccc2)cc1. The number of carbonyl (C=O) groups is 1. The molecule has 0 radical (unpaired) electrons. The van der Waals surface area contributed by atoms with Crippen molar-refractivity contribution in [3.8, 4) is 17.5 Å². The third-order valence-electron chi connectivity index (χ3n) is 3.82. The first-order chi connectivity index (χ1) is 11.7. The van der Waals surface area contributed by atoms with E-state index >= 15 is 0 Å². The van der Waals surface area contributed by atoms with Crippen molar-refractivity contribution >= 4 is 5.78 Å². The number of ether oxygens (including phenoxy) is 1. The van der Waals surface area contributed by atoms with Gasteiger partial charge in [-0.15, -0.1) is 0 Å². The van der Waals surface area contributed by atoms with Gasteiger partial charge in [0, 0.05) is 16.9 Å². The van der Waals surface area contributed by atoms with Gasteiger partial charge in [-0.3, -0.25) is 4.79 Å². The number of rotatable bonds is 5. The number of carbonyl (C=O) groups excluding carboxylic acids is 1. The van der Waals surface area contributed by atoms with E-state index in [9.17, 15) is 4.79 Å². The number of nitriles is 1. The molecule has 1 aromatic heterocycles. The lowest BCUT2D eigenvalue weighted by molar-refractivity contribution is 0.103. The number of hydrogen-bond acceptors (Lipinski definition) is 3. The van der Waals surface area contributed by atoms with Crippen LogP contribution in [0.15, 0.2) is 66.7 Å². The van der Waals surface area contributed by atoms with E-state index in [2.05, 4.69) is 6.07 Å². The molecule has 0 fully saturated rings. The summed E-state index contributed by atoms with van der Waals surface area (Å²) in [6.45, 7) is 0. The third-order valence-corrected chi connectivity index (χ3v) is 3.82. The molecule has 0 spiro atoms. The molecule has 4 nitrogen and oxygen atoms in total. The summed E-state index contributed by atoms with van der Waals surface area (Å²) in [6, 6.07) is 22.3. The van der Waals surface area contributed by atoms with Crippen LogP contribution < -0.4 is 4.74 Å². The summed E-state index contributed by atoms with van der Waals surface area (Å²) in [5.41, 5.74) is 2.77. The largest absolute Gasteiger partial charge is 0.497 e. The molecular formula is C20H16N2O2. The quantitative estimate of drug-likeness (QED) is 0.673. The average Bonchev–Trinajstić information content (AvgIpc) is 3.06. The van der Waals surface area contributed by atoms with Crippen molar-refractivity contribution in [2.75, 3.05) is 7.11 Å². The van der Waals surface area contributed by atoms with Crippen LogP contribution in [0.5, 0.6) is 5.75 Å². The Morgan fingerprint density at radius 1 is 1.04 bits per heavy atom. The van der Waals surface area contributed by atoms with Crippen LogP contribution in [0.1, 0.15) is 21.7 Å². The van der Waals surface area contributed by atoms with E-state index < -0.39 is 0 Å². The van der Waals surface area contributed by atoms with Gasteiger partial charge in [-0.25, -0.2) is 0 Å². The summed E-state index contributed by atoms with van der Waals surface area (Å²) in [5, 5.41) is 9.05. The molecule has 2 aromatic carbocycles. The van der Waals surface area contributed by atoms with Crippen molar-refractivity contribution < 1.29 is 9.53 Å². The van der Waals surface area contributed by atoms with Crippen LogP contribution in [0, 0.1) is 11.3 Å². The lowest BCUT2D eigenvalue weighted by atomic mass is 10.1. The van der Waals surface area contributed by atoms with Crippen molar-refractivity contribution in [3.63, 3.8) is 0 Å². The Bertz CT molecular complexity index is 888. The van der Waals surface area contributed by atoms with Gasteiger partial charge in [-0.1, -0.05) is 18.2 Å². The molecule has 0 unspecified atom stereocenters. The summed E-state index contributed by atoms with van der Waals surface area (Å²) < 4.78 is 6.97. The van der Waals surface area contributed by atoms with E-state index in [0.29, 0.717) is 17.0 Å².